The average molecular weight is 423 g/mol. The molecule has 0 unspecified atom stereocenters. The Morgan fingerprint density at radius 2 is 2.03 bits per heavy atom. The number of oxime groups is 1. The van der Waals surface area contributed by atoms with E-state index in [0.29, 0.717) is 12.5 Å². The molecule has 164 valence electrons. The highest BCUT2D eigenvalue weighted by atomic mass is 16.6. The topological polar surface area (TPSA) is 73.5 Å². The smallest absolute Gasteiger partial charge is 0.364 e. The zero-order chi connectivity index (χ0) is 21.8. The number of aromatic amines is 1. The van der Waals surface area contributed by atoms with Crippen molar-refractivity contribution in [3.63, 3.8) is 0 Å². The molecule has 0 atom stereocenters. The maximum Gasteiger partial charge on any atom is 0.364 e. The number of unbranched alkanes of at least 4 members (excludes halogenated alkanes) is 1. The van der Waals surface area contributed by atoms with Gasteiger partial charge in [-0.3, -0.25) is 0 Å². The van der Waals surface area contributed by atoms with E-state index in [0.717, 1.165) is 47.5 Å². The predicted octanol–water partition coefficient (Wildman–Crippen LogP) is 4.50. The van der Waals surface area contributed by atoms with E-state index in [1.54, 1.807) is 18.8 Å². The number of nitrogens with one attached hydrogen (secondary N) is 1. The summed E-state index contributed by atoms with van der Waals surface area (Å²) in [7, 11) is 3.29. The number of aryl methyl sites for hydroxylation is 1. The minimum atomic E-state index is -0.0764. The van der Waals surface area contributed by atoms with Gasteiger partial charge in [0.1, 0.15) is 19.5 Å². The predicted molar refractivity (Wildman–Crippen MR) is 121 cm³/mol. The summed E-state index contributed by atoms with van der Waals surface area (Å²) in [6.45, 7) is 2.56. The van der Waals surface area contributed by atoms with Gasteiger partial charge in [0, 0.05) is 18.2 Å². The SMILES string of the molecule is CCCCC(=NOC)c1cccc(OCc2c(C3CC3)cccc2-n2[nH]n(C)c2=O)c1. The number of benzene rings is 2. The maximum absolute atomic E-state index is 12.3. The Labute approximate surface area is 182 Å². The molecule has 0 spiro atoms. The Morgan fingerprint density at radius 1 is 1.23 bits per heavy atom. The van der Waals surface area contributed by atoms with Crippen molar-refractivity contribution in [1.82, 2.24) is 14.6 Å². The fraction of sp³-hybridized carbons (Fsp3) is 0.417. The van der Waals surface area contributed by atoms with Crippen molar-refractivity contribution in [1.29, 1.82) is 0 Å². The van der Waals surface area contributed by atoms with E-state index in [1.807, 2.05) is 36.4 Å². The first-order valence-electron chi connectivity index (χ1n) is 10.9. The van der Waals surface area contributed by atoms with Crippen LogP contribution in [0.4, 0.5) is 0 Å². The first-order valence-corrected chi connectivity index (χ1v) is 10.9. The van der Waals surface area contributed by atoms with Gasteiger partial charge in [-0.25, -0.2) is 14.7 Å². The van der Waals surface area contributed by atoms with Crippen molar-refractivity contribution in [3.05, 3.63) is 69.6 Å². The fourth-order valence-corrected chi connectivity index (χ4v) is 3.85. The molecule has 1 N–H and O–H groups in total. The highest BCUT2D eigenvalue weighted by Gasteiger charge is 2.28. The summed E-state index contributed by atoms with van der Waals surface area (Å²) in [5.74, 6) is 1.32. The van der Waals surface area contributed by atoms with Gasteiger partial charge in [0.05, 0.1) is 11.4 Å². The Kier molecular flexibility index (Phi) is 6.30. The molecule has 7 heteroatoms. The van der Waals surface area contributed by atoms with Crippen molar-refractivity contribution in [2.24, 2.45) is 12.2 Å². The first kappa shape index (κ1) is 21.0. The number of hydrogen-bond donors (Lipinski definition) is 1. The van der Waals surface area contributed by atoms with Crippen LogP contribution in [0.5, 0.6) is 5.75 Å². The highest BCUT2D eigenvalue weighted by molar-refractivity contribution is 6.00. The molecule has 1 aliphatic rings. The van der Waals surface area contributed by atoms with Crippen LogP contribution in [-0.2, 0) is 18.5 Å². The normalized spacial score (nSPS) is 14.1. The number of rotatable bonds is 10. The molecule has 1 heterocycles. The Bertz CT molecular complexity index is 1120. The van der Waals surface area contributed by atoms with E-state index in [2.05, 4.69) is 23.4 Å². The zero-order valence-corrected chi connectivity index (χ0v) is 18.4. The number of aromatic nitrogens is 3. The van der Waals surface area contributed by atoms with Gasteiger partial charge in [-0.15, -0.1) is 0 Å². The van der Waals surface area contributed by atoms with Crippen molar-refractivity contribution >= 4 is 5.71 Å². The van der Waals surface area contributed by atoms with E-state index in [1.165, 1.54) is 23.1 Å². The van der Waals surface area contributed by atoms with Crippen LogP contribution in [0.25, 0.3) is 5.69 Å². The van der Waals surface area contributed by atoms with Crippen LogP contribution >= 0.6 is 0 Å². The van der Waals surface area contributed by atoms with Crippen LogP contribution in [0.2, 0.25) is 0 Å². The number of hydrogen-bond acceptors (Lipinski definition) is 4. The Balaban J connectivity index is 1.59. The summed E-state index contributed by atoms with van der Waals surface area (Å²) >= 11 is 0. The first-order chi connectivity index (χ1) is 15.1. The third kappa shape index (κ3) is 4.60. The maximum atomic E-state index is 12.3. The fourth-order valence-electron chi connectivity index (χ4n) is 3.85. The summed E-state index contributed by atoms with van der Waals surface area (Å²) in [6.07, 6.45) is 5.37. The molecule has 1 aliphatic carbocycles. The van der Waals surface area contributed by atoms with Crippen LogP contribution in [0.15, 0.2) is 52.4 Å². The monoisotopic (exact) mass is 422 g/mol. The second-order valence-electron chi connectivity index (χ2n) is 8.04. The molecule has 2 aromatic carbocycles. The van der Waals surface area contributed by atoms with Gasteiger partial charge in [0.25, 0.3) is 0 Å². The summed E-state index contributed by atoms with van der Waals surface area (Å²) in [5, 5.41) is 7.24. The van der Waals surface area contributed by atoms with E-state index in [4.69, 9.17) is 9.57 Å². The van der Waals surface area contributed by atoms with Gasteiger partial charge in [-0.2, -0.15) is 4.68 Å². The summed E-state index contributed by atoms with van der Waals surface area (Å²) < 4.78 is 9.27. The van der Waals surface area contributed by atoms with E-state index in [9.17, 15) is 4.79 Å². The van der Waals surface area contributed by atoms with Crippen LogP contribution in [-0.4, -0.2) is 27.4 Å². The molecular formula is C24H30N4O3. The van der Waals surface area contributed by atoms with Gasteiger partial charge in [-0.1, -0.05) is 42.8 Å². The van der Waals surface area contributed by atoms with Crippen LogP contribution < -0.4 is 10.4 Å². The highest BCUT2D eigenvalue weighted by Crippen LogP contribution is 2.43. The minimum Gasteiger partial charge on any atom is -0.489 e. The molecule has 1 saturated carbocycles. The van der Waals surface area contributed by atoms with E-state index < -0.39 is 0 Å². The average Bonchev–Trinajstić information content (AvgIpc) is 3.64. The third-order valence-corrected chi connectivity index (χ3v) is 5.69. The van der Waals surface area contributed by atoms with Crippen molar-refractivity contribution in [2.45, 2.75) is 51.6 Å². The lowest BCUT2D eigenvalue weighted by Gasteiger charge is -2.20. The molecule has 0 aliphatic heterocycles. The number of H-pyrrole nitrogens is 1. The largest absolute Gasteiger partial charge is 0.489 e. The number of ether oxygens (including phenoxy) is 1. The van der Waals surface area contributed by atoms with Gasteiger partial charge in [0.2, 0.25) is 0 Å². The molecule has 1 fully saturated rings. The summed E-state index contributed by atoms with van der Waals surface area (Å²) in [4.78, 5) is 17.3. The molecule has 7 nitrogen and oxygen atoms in total. The minimum absolute atomic E-state index is 0.0764. The van der Waals surface area contributed by atoms with E-state index >= 15 is 0 Å². The van der Waals surface area contributed by atoms with E-state index in [-0.39, 0.29) is 5.69 Å². The Morgan fingerprint density at radius 3 is 2.71 bits per heavy atom. The molecule has 4 rings (SSSR count). The zero-order valence-electron chi connectivity index (χ0n) is 18.4. The summed E-state index contributed by atoms with van der Waals surface area (Å²) in [5.41, 5.74) is 5.03. The van der Waals surface area contributed by atoms with Gasteiger partial charge >= 0.3 is 5.69 Å². The second kappa shape index (κ2) is 9.29. The van der Waals surface area contributed by atoms with Gasteiger partial charge in [-0.05, 0) is 55.4 Å². The van der Waals surface area contributed by atoms with Crippen LogP contribution in [0.3, 0.4) is 0 Å². The number of nitrogens with zero attached hydrogens (tertiary/aromatic N) is 3. The summed E-state index contributed by atoms with van der Waals surface area (Å²) in [6, 6.07) is 14.1. The molecule has 3 aromatic rings. The van der Waals surface area contributed by atoms with Crippen molar-refractivity contribution in [3.8, 4) is 11.4 Å². The molecular weight excluding hydrogens is 392 g/mol. The molecule has 31 heavy (non-hydrogen) atoms. The molecule has 0 bridgehead atoms. The Hall–Kier alpha value is -3.22. The lowest BCUT2D eigenvalue weighted by molar-refractivity contribution is 0.212. The van der Waals surface area contributed by atoms with Gasteiger partial charge in [0.15, 0.2) is 0 Å². The molecule has 0 saturated heterocycles. The van der Waals surface area contributed by atoms with Crippen LogP contribution in [0.1, 0.15) is 61.6 Å². The quantitative estimate of drug-likeness (QED) is 0.386. The lowest BCUT2D eigenvalue weighted by Crippen LogP contribution is -2.40. The third-order valence-electron chi connectivity index (χ3n) is 5.69. The second-order valence-corrected chi connectivity index (χ2v) is 8.04. The molecule has 0 radical (unpaired) electrons. The molecule has 1 aromatic heterocycles. The van der Waals surface area contributed by atoms with Crippen molar-refractivity contribution in [2.75, 3.05) is 7.11 Å². The standard InChI is InChI=1S/C24H30N4O3/c1-4-5-11-22(25-30-3)18-8-6-9-19(15-18)31-16-21-20(17-13-14-17)10-7-12-23(21)28-24(29)27(2)26-28/h6-10,12,15,17,26H,4-5,11,13-14,16H2,1-3H3. The lowest BCUT2D eigenvalue weighted by atomic mass is 10.0. The molecule has 0 amide bonds. The van der Waals surface area contributed by atoms with Gasteiger partial charge < -0.3 is 9.57 Å². The van der Waals surface area contributed by atoms with Crippen LogP contribution in [0, 0.1) is 0 Å². The van der Waals surface area contributed by atoms with Crippen molar-refractivity contribution < 1.29 is 9.57 Å².